The van der Waals surface area contributed by atoms with Gasteiger partial charge in [0.25, 0.3) is 0 Å². The van der Waals surface area contributed by atoms with Crippen molar-refractivity contribution in [3.8, 4) is 0 Å². The maximum Gasteiger partial charge on any atom is 0.407 e. The Morgan fingerprint density at radius 3 is 2.39 bits per heavy atom. The van der Waals surface area contributed by atoms with E-state index in [-0.39, 0.29) is 25.2 Å². The first kappa shape index (κ1) is 26.2. The second-order valence-electron chi connectivity index (χ2n) is 8.03. The second kappa shape index (κ2) is 14.2. The van der Waals surface area contributed by atoms with Crippen molar-refractivity contribution >= 4 is 18.2 Å². The zero-order valence-corrected chi connectivity index (χ0v) is 18.9. The molecule has 1 rings (SSSR count). The van der Waals surface area contributed by atoms with Crippen molar-refractivity contribution in [2.24, 2.45) is 0 Å². The molecule has 0 saturated carbocycles. The van der Waals surface area contributed by atoms with E-state index >= 15 is 0 Å². The van der Waals surface area contributed by atoms with Gasteiger partial charge in [0.15, 0.2) is 0 Å². The van der Waals surface area contributed by atoms with Gasteiger partial charge in [0.1, 0.15) is 12.2 Å². The fraction of sp³-hybridized carbons (Fsp3) is 0.591. The summed E-state index contributed by atoms with van der Waals surface area (Å²) >= 11 is 0. The lowest BCUT2D eigenvalue weighted by molar-refractivity contribution is -0.139. The Morgan fingerprint density at radius 1 is 1.03 bits per heavy atom. The molecule has 1 atom stereocenters. The van der Waals surface area contributed by atoms with E-state index < -0.39 is 17.8 Å². The third-order valence-corrected chi connectivity index (χ3v) is 4.07. The Kier molecular flexibility index (Phi) is 12.0. The molecule has 9 nitrogen and oxygen atoms in total. The number of unbranched alkanes of at least 4 members (excludes halogenated alkanes) is 1. The van der Waals surface area contributed by atoms with E-state index in [1.807, 2.05) is 30.3 Å². The lowest BCUT2D eigenvalue weighted by Crippen LogP contribution is -2.45. The molecule has 0 unspecified atom stereocenters. The third kappa shape index (κ3) is 13.9. The van der Waals surface area contributed by atoms with Crippen LogP contribution >= 0.6 is 0 Å². The molecule has 9 heteroatoms. The molecule has 0 aromatic heterocycles. The highest BCUT2D eigenvalue weighted by Gasteiger charge is 2.19. The van der Waals surface area contributed by atoms with Crippen LogP contribution in [0.2, 0.25) is 0 Å². The smallest absolute Gasteiger partial charge is 0.407 e. The van der Waals surface area contributed by atoms with Crippen LogP contribution in [-0.4, -0.2) is 56.5 Å². The van der Waals surface area contributed by atoms with E-state index in [2.05, 4.69) is 20.7 Å². The molecular weight excluding hydrogens is 402 g/mol. The number of ether oxygens (including phenoxy) is 3. The minimum absolute atomic E-state index is 0.0534. The van der Waals surface area contributed by atoms with E-state index in [4.69, 9.17) is 9.47 Å². The van der Waals surface area contributed by atoms with Crippen molar-refractivity contribution in [1.29, 1.82) is 0 Å². The fourth-order valence-electron chi connectivity index (χ4n) is 2.60. The number of rotatable bonds is 12. The summed E-state index contributed by atoms with van der Waals surface area (Å²) in [6, 6.07) is 9.22. The van der Waals surface area contributed by atoms with Gasteiger partial charge in [0, 0.05) is 19.1 Å². The summed E-state index contributed by atoms with van der Waals surface area (Å²) in [5.41, 5.74) is 0.325. The van der Waals surface area contributed by atoms with E-state index in [1.165, 1.54) is 7.11 Å². The van der Waals surface area contributed by atoms with Crippen molar-refractivity contribution < 1.29 is 28.6 Å². The van der Waals surface area contributed by atoms with Gasteiger partial charge in [-0.3, -0.25) is 4.79 Å². The predicted molar refractivity (Wildman–Crippen MR) is 117 cm³/mol. The molecule has 31 heavy (non-hydrogen) atoms. The topological polar surface area (TPSA) is 115 Å². The zero-order chi connectivity index (χ0) is 23.1. The van der Waals surface area contributed by atoms with E-state index in [0.717, 1.165) is 12.0 Å². The summed E-state index contributed by atoms with van der Waals surface area (Å²) in [4.78, 5) is 35.1. The number of esters is 1. The number of nitrogens with one attached hydrogen (secondary N) is 3. The molecule has 174 valence electrons. The Hall–Kier alpha value is -2.81. The van der Waals surface area contributed by atoms with Crippen LogP contribution in [0.5, 0.6) is 0 Å². The first-order chi connectivity index (χ1) is 14.7. The number of carbonyl (C=O) groups is 3. The van der Waals surface area contributed by atoms with Gasteiger partial charge in [-0.2, -0.15) is 0 Å². The lowest BCUT2D eigenvalue weighted by atomic mass is 10.1. The third-order valence-electron chi connectivity index (χ3n) is 4.07. The largest absolute Gasteiger partial charge is 0.468 e. The van der Waals surface area contributed by atoms with Gasteiger partial charge in [0.05, 0.1) is 13.7 Å². The van der Waals surface area contributed by atoms with E-state index in [1.54, 1.807) is 20.8 Å². The van der Waals surface area contributed by atoms with Gasteiger partial charge in [-0.15, -0.1) is 0 Å². The Bertz CT molecular complexity index is 676. The molecule has 0 heterocycles. The molecule has 0 radical (unpaired) electrons. The lowest BCUT2D eigenvalue weighted by Gasteiger charge is -2.24. The number of carbonyl (C=O) groups excluding carboxylic acids is 3. The van der Waals surface area contributed by atoms with E-state index in [0.29, 0.717) is 25.9 Å². The Labute approximate surface area is 184 Å². The van der Waals surface area contributed by atoms with Crippen LogP contribution < -0.4 is 16.0 Å². The monoisotopic (exact) mass is 437 g/mol. The molecule has 0 fully saturated rings. The van der Waals surface area contributed by atoms with Crippen LogP contribution in [-0.2, 0) is 25.6 Å². The fourth-order valence-corrected chi connectivity index (χ4v) is 2.60. The number of hydrogen-bond donors (Lipinski definition) is 3. The van der Waals surface area contributed by atoms with Crippen molar-refractivity contribution in [2.45, 2.75) is 58.3 Å². The number of methoxy groups -OCH3 is 1. The number of hydrogen-bond acceptors (Lipinski definition) is 7. The Morgan fingerprint density at radius 2 is 1.74 bits per heavy atom. The van der Waals surface area contributed by atoms with Crippen molar-refractivity contribution in [3.05, 3.63) is 35.9 Å². The first-order valence-corrected chi connectivity index (χ1v) is 10.4. The molecular formula is C22H35N3O6. The average Bonchev–Trinajstić information content (AvgIpc) is 2.71. The van der Waals surface area contributed by atoms with Gasteiger partial charge < -0.3 is 30.2 Å². The van der Waals surface area contributed by atoms with Gasteiger partial charge in [-0.1, -0.05) is 30.3 Å². The number of amides is 2. The van der Waals surface area contributed by atoms with Gasteiger partial charge in [-0.25, -0.2) is 9.59 Å². The molecule has 0 aliphatic heterocycles. The quantitative estimate of drug-likeness (QED) is 0.262. The number of benzene rings is 1. The van der Waals surface area contributed by atoms with Crippen LogP contribution in [0.3, 0.4) is 0 Å². The van der Waals surface area contributed by atoms with Crippen LogP contribution in [0.1, 0.15) is 45.6 Å². The van der Waals surface area contributed by atoms with Gasteiger partial charge in [0.2, 0.25) is 0 Å². The van der Waals surface area contributed by atoms with Crippen LogP contribution in [0.25, 0.3) is 0 Å². The van der Waals surface area contributed by atoms with Crippen LogP contribution in [0.4, 0.5) is 9.59 Å². The normalized spacial score (nSPS) is 11.9. The van der Waals surface area contributed by atoms with Crippen molar-refractivity contribution in [1.82, 2.24) is 16.0 Å². The highest BCUT2D eigenvalue weighted by atomic mass is 16.6. The SMILES string of the molecule is COC(=O)CNC[C@H](CCCCNC(=O)OCc1ccccc1)NC(=O)OC(C)(C)C. The summed E-state index contributed by atoms with van der Waals surface area (Å²) in [5, 5.41) is 8.49. The molecule has 0 aliphatic carbocycles. The minimum atomic E-state index is -0.599. The first-order valence-electron chi connectivity index (χ1n) is 10.4. The highest BCUT2D eigenvalue weighted by Crippen LogP contribution is 2.08. The maximum atomic E-state index is 12.1. The van der Waals surface area contributed by atoms with Crippen LogP contribution in [0, 0.1) is 0 Å². The summed E-state index contributed by atoms with van der Waals surface area (Å²) in [5.74, 6) is -0.380. The standard InChI is InChI=1S/C22H35N3O6/c1-22(2,3)31-21(28)25-18(14-23-15-19(26)29-4)12-8-9-13-24-20(27)30-16-17-10-6-5-7-11-17/h5-7,10-11,18,23H,8-9,12-16H2,1-4H3,(H,24,27)(H,25,28)/t18-/m0/s1. The van der Waals surface area contributed by atoms with E-state index in [9.17, 15) is 14.4 Å². The molecule has 0 spiro atoms. The molecule has 1 aromatic carbocycles. The minimum Gasteiger partial charge on any atom is -0.468 e. The molecule has 1 aromatic rings. The summed E-state index contributed by atoms with van der Waals surface area (Å²) in [6.45, 7) is 6.50. The highest BCUT2D eigenvalue weighted by molar-refractivity contribution is 5.71. The molecule has 0 aliphatic rings. The molecule has 0 saturated heterocycles. The molecule has 0 bridgehead atoms. The van der Waals surface area contributed by atoms with Gasteiger partial charge >= 0.3 is 18.2 Å². The predicted octanol–water partition coefficient (Wildman–Crippen LogP) is 2.74. The summed E-state index contributed by atoms with van der Waals surface area (Å²) in [6.07, 6.45) is 1.13. The summed E-state index contributed by atoms with van der Waals surface area (Å²) in [7, 11) is 1.32. The Balaban J connectivity index is 2.31. The zero-order valence-electron chi connectivity index (χ0n) is 18.9. The van der Waals surface area contributed by atoms with Crippen LogP contribution in [0.15, 0.2) is 30.3 Å². The maximum absolute atomic E-state index is 12.1. The van der Waals surface area contributed by atoms with Gasteiger partial charge in [-0.05, 0) is 45.6 Å². The van der Waals surface area contributed by atoms with Crippen molar-refractivity contribution in [2.75, 3.05) is 26.7 Å². The van der Waals surface area contributed by atoms with Crippen molar-refractivity contribution in [3.63, 3.8) is 0 Å². The molecule has 2 amide bonds. The second-order valence-corrected chi connectivity index (χ2v) is 8.03. The average molecular weight is 438 g/mol. The molecule has 3 N–H and O–H groups in total. The number of alkyl carbamates (subject to hydrolysis) is 2. The summed E-state index contributed by atoms with van der Waals surface area (Å²) < 4.78 is 15.1.